The van der Waals surface area contributed by atoms with Crippen molar-refractivity contribution in [1.82, 2.24) is 0 Å². The molecule has 0 saturated carbocycles. The van der Waals surface area contributed by atoms with E-state index < -0.39 is 0 Å². The Labute approximate surface area is 82.7 Å². The van der Waals surface area contributed by atoms with Crippen LogP contribution in [0, 0.1) is 12.7 Å². The van der Waals surface area contributed by atoms with Gasteiger partial charge in [-0.25, -0.2) is 4.39 Å². The second kappa shape index (κ2) is 4.74. The third-order valence-corrected chi connectivity index (χ3v) is 1.95. The van der Waals surface area contributed by atoms with E-state index in [1.807, 2.05) is 13.0 Å². The zero-order valence-corrected chi connectivity index (χ0v) is 8.34. The molecule has 0 fully saturated rings. The van der Waals surface area contributed by atoms with Crippen molar-refractivity contribution < 1.29 is 13.9 Å². The number of carbonyl (C=O) groups excluding carboxylic acids is 1. The third-order valence-electron chi connectivity index (χ3n) is 1.95. The molecule has 0 aromatic heterocycles. The number of carbonyl (C=O) groups is 1. The van der Waals surface area contributed by atoms with E-state index in [1.54, 1.807) is 0 Å². The highest BCUT2D eigenvalue weighted by atomic mass is 19.1. The molecule has 0 aliphatic carbocycles. The fourth-order valence-electron chi connectivity index (χ4n) is 1.30. The van der Waals surface area contributed by atoms with Crippen LogP contribution >= 0.6 is 0 Å². The highest BCUT2D eigenvalue weighted by Gasteiger charge is 2.03. The molecule has 0 amide bonds. The minimum atomic E-state index is -0.271. The first kappa shape index (κ1) is 10.7. The molecule has 1 rings (SSSR count). The van der Waals surface area contributed by atoms with E-state index in [0.717, 1.165) is 11.1 Å². The van der Waals surface area contributed by atoms with Gasteiger partial charge in [-0.15, -0.1) is 0 Å². The first-order valence-corrected chi connectivity index (χ1v) is 4.44. The largest absolute Gasteiger partial charge is 0.469 e. The number of hydrogen-bond acceptors (Lipinski definition) is 2. The highest BCUT2D eigenvalue weighted by molar-refractivity contribution is 5.69. The van der Waals surface area contributed by atoms with Crippen LogP contribution in [0.2, 0.25) is 0 Å². The van der Waals surface area contributed by atoms with E-state index >= 15 is 0 Å². The maximum absolute atomic E-state index is 12.9. The Morgan fingerprint density at radius 2 is 2.14 bits per heavy atom. The van der Waals surface area contributed by atoms with E-state index in [4.69, 9.17) is 0 Å². The van der Waals surface area contributed by atoms with Gasteiger partial charge < -0.3 is 4.74 Å². The van der Waals surface area contributed by atoms with Crippen LogP contribution in [0.1, 0.15) is 17.5 Å². The van der Waals surface area contributed by atoms with Gasteiger partial charge in [-0.2, -0.15) is 0 Å². The van der Waals surface area contributed by atoms with Crippen molar-refractivity contribution in [2.24, 2.45) is 0 Å². The molecule has 0 heterocycles. The van der Waals surface area contributed by atoms with E-state index in [0.29, 0.717) is 12.8 Å². The minimum absolute atomic E-state index is 0.259. The topological polar surface area (TPSA) is 26.3 Å². The van der Waals surface area contributed by atoms with Crippen molar-refractivity contribution in [3.05, 3.63) is 35.1 Å². The van der Waals surface area contributed by atoms with Crippen molar-refractivity contribution in [3.63, 3.8) is 0 Å². The molecule has 14 heavy (non-hydrogen) atoms. The minimum Gasteiger partial charge on any atom is -0.469 e. The van der Waals surface area contributed by atoms with Crippen LogP contribution in [-0.4, -0.2) is 13.1 Å². The first-order valence-electron chi connectivity index (χ1n) is 4.44. The lowest BCUT2D eigenvalue weighted by molar-refractivity contribution is -0.140. The highest BCUT2D eigenvalue weighted by Crippen LogP contribution is 2.10. The molecular formula is C11H13FO2. The maximum Gasteiger partial charge on any atom is 0.305 e. The normalized spacial score (nSPS) is 9.93. The quantitative estimate of drug-likeness (QED) is 0.693. The SMILES string of the molecule is COC(=O)CCc1cc(C)cc(F)c1. The monoisotopic (exact) mass is 196 g/mol. The summed E-state index contributed by atoms with van der Waals surface area (Å²) in [7, 11) is 1.35. The molecule has 0 aliphatic rings. The smallest absolute Gasteiger partial charge is 0.305 e. The zero-order valence-electron chi connectivity index (χ0n) is 8.34. The van der Waals surface area contributed by atoms with Crippen LogP contribution in [-0.2, 0) is 16.0 Å². The molecule has 0 radical (unpaired) electrons. The van der Waals surface area contributed by atoms with Gasteiger partial charge in [-0.05, 0) is 36.6 Å². The average Bonchev–Trinajstić information content (AvgIpc) is 2.12. The van der Waals surface area contributed by atoms with Gasteiger partial charge in [0.25, 0.3) is 0 Å². The zero-order chi connectivity index (χ0) is 10.6. The molecule has 1 aromatic carbocycles. The Hall–Kier alpha value is -1.38. The van der Waals surface area contributed by atoms with Crippen molar-refractivity contribution in [1.29, 1.82) is 0 Å². The van der Waals surface area contributed by atoms with Gasteiger partial charge in [-0.3, -0.25) is 4.79 Å². The molecule has 3 heteroatoms. The molecular weight excluding hydrogens is 183 g/mol. The number of rotatable bonds is 3. The van der Waals surface area contributed by atoms with Crippen LogP contribution < -0.4 is 0 Å². The van der Waals surface area contributed by atoms with Crippen LogP contribution in [0.3, 0.4) is 0 Å². The number of esters is 1. The molecule has 0 N–H and O–H groups in total. The summed E-state index contributed by atoms with van der Waals surface area (Å²) in [5.74, 6) is -0.531. The van der Waals surface area contributed by atoms with Gasteiger partial charge >= 0.3 is 5.97 Å². The number of hydrogen-bond donors (Lipinski definition) is 0. The van der Waals surface area contributed by atoms with Crippen LogP contribution in [0.4, 0.5) is 4.39 Å². The Morgan fingerprint density at radius 3 is 2.71 bits per heavy atom. The fourth-order valence-corrected chi connectivity index (χ4v) is 1.30. The second-order valence-electron chi connectivity index (χ2n) is 3.21. The Kier molecular flexibility index (Phi) is 3.63. The summed E-state index contributed by atoms with van der Waals surface area (Å²) in [5.41, 5.74) is 1.69. The summed E-state index contributed by atoms with van der Waals surface area (Å²) in [6.07, 6.45) is 0.810. The number of methoxy groups -OCH3 is 1. The van der Waals surface area contributed by atoms with Crippen molar-refractivity contribution in [3.8, 4) is 0 Å². The fraction of sp³-hybridized carbons (Fsp3) is 0.364. The van der Waals surface area contributed by atoms with Gasteiger partial charge in [0.05, 0.1) is 7.11 Å². The summed E-state index contributed by atoms with van der Waals surface area (Å²) < 4.78 is 17.4. The van der Waals surface area contributed by atoms with E-state index in [1.165, 1.54) is 19.2 Å². The molecule has 0 bridgehead atoms. The maximum atomic E-state index is 12.9. The standard InChI is InChI=1S/C11H13FO2/c1-8-5-9(7-10(12)6-8)3-4-11(13)14-2/h5-7H,3-4H2,1-2H3. The van der Waals surface area contributed by atoms with E-state index in [-0.39, 0.29) is 11.8 Å². The van der Waals surface area contributed by atoms with Gasteiger partial charge in [0, 0.05) is 6.42 Å². The number of ether oxygens (including phenoxy) is 1. The van der Waals surface area contributed by atoms with Crippen LogP contribution in [0.5, 0.6) is 0 Å². The van der Waals surface area contributed by atoms with Gasteiger partial charge in [-0.1, -0.05) is 6.07 Å². The number of aryl methyl sites for hydroxylation is 2. The van der Waals surface area contributed by atoms with Crippen molar-refractivity contribution >= 4 is 5.97 Å². The molecule has 76 valence electrons. The van der Waals surface area contributed by atoms with Gasteiger partial charge in [0.2, 0.25) is 0 Å². The van der Waals surface area contributed by atoms with Gasteiger partial charge in [0.1, 0.15) is 5.82 Å². The molecule has 1 aromatic rings. The molecule has 2 nitrogen and oxygen atoms in total. The van der Waals surface area contributed by atoms with Crippen LogP contribution in [0.25, 0.3) is 0 Å². The molecule has 0 atom stereocenters. The van der Waals surface area contributed by atoms with Crippen LogP contribution in [0.15, 0.2) is 18.2 Å². The third kappa shape index (κ3) is 3.17. The van der Waals surface area contributed by atoms with E-state index in [9.17, 15) is 9.18 Å². The lowest BCUT2D eigenvalue weighted by atomic mass is 10.1. The molecule has 0 spiro atoms. The Balaban J connectivity index is 2.63. The second-order valence-corrected chi connectivity index (χ2v) is 3.21. The van der Waals surface area contributed by atoms with Crippen molar-refractivity contribution in [2.75, 3.05) is 7.11 Å². The Morgan fingerprint density at radius 1 is 1.43 bits per heavy atom. The summed E-state index contributed by atoms with van der Waals surface area (Å²) >= 11 is 0. The summed E-state index contributed by atoms with van der Waals surface area (Å²) in [6.45, 7) is 1.82. The predicted octanol–water partition coefficient (Wildman–Crippen LogP) is 2.24. The summed E-state index contributed by atoms with van der Waals surface area (Å²) in [4.78, 5) is 10.8. The number of benzene rings is 1. The lowest BCUT2D eigenvalue weighted by Gasteiger charge is -2.02. The molecule has 0 saturated heterocycles. The molecule has 0 aliphatic heterocycles. The number of halogens is 1. The first-order chi connectivity index (χ1) is 6.61. The van der Waals surface area contributed by atoms with E-state index in [2.05, 4.69) is 4.74 Å². The summed E-state index contributed by atoms with van der Waals surface area (Å²) in [6, 6.07) is 4.77. The predicted molar refractivity (Wildman–Crippen MR) is 51.5 cm³/mol. The lowest BCUT2D eigenvalue weighted by Crippen LogP contribution is -2.02. The summed E-state index contributed by atoms with van der Waals surface area (Å²) in [5, 5.41) is 0. The van der Waals surface area contributed by atoms with Gasteiger partial charge in [0.15, 0.2) is 0 Å². The molecule has 0 unspecified atom stereocenters. The average molecular weight is 196 g/mol. The van der Waals surface area contributed by atoms with Crippen molar-refractivity contribution in [2.45, 2.75) is 19.8 Å². The Bertz CT molecular complexity index is 314.